The van der Waals surface area contributed by atoms with Crippen molar-refractivity contribution in [2.75, 3.05) is 27.8 Å². The lowest BCUT2D eigenvalue weighted by molar-refractivity contribution is -0.144. The number of nitrogens with zero attached hydrogens (tertiary/aromatic N) is 2. The van der Waals surface area contributed by atoms with Gasteiger partial charge in [0, 0.05) is 33.0 Å². The van der Waals surface area contributed by atoms with Crippen LogP contribution in [-0.2, 0) is 60.7 Å². The van der Waals surface area contributed by atoms with E-state index in [1.807, 2.05) is 43.3 Å². The molecule has 2 aromatic rings. The van der Waals surface area contributed by atoms with Crippen LogP contribution in [0.2, 0.25) is 0 Å². The SMILES string of the molecule is C=C1C(=O)NC(C)C(=O)NC(CCc2ccc(O)c(OC)c2)C(=O)NC(C(=O)O)CC(=O)NC(CCCN=C(N)N)C(=O)NC(C=CC(C)=CC(C)C(Cc2ccccc2)OC)C(C)C(=O)NC(C(=O)O)CCC(=O)N1C. The van der Waals surface area contributed by atoms with Crippen LogP contribution in [0.25, 0.3) is 0 Å². The quantitative estimate of drug-likeness (QED) is 0.0341. The molecule has 1 heterocycles. The van der Waals surface area contributed by atoms with Crippen LogP contribution < -0.4 is 48.1 Å². The van der Waals surface area contributed by atoms with E-state index in [0.29, 0.717) is 17.6 Å². The number of phenolic OH excluding ortho intramolecular Hbond substituents is 1. The lowest BCUT2D eigenvalue weighted by Crippen LogP contribution is -2.56. The number of aromatic hydroxyl groups is 1. The van der Waals surface area contributed by atoms with Crippen molar-refractivity contribution in [3.63, 3.8) is 0 Å². The van der Waals surface area contributed by atoms with Crippen LogP contribution in [0, 0.1) is 11.8 Å². The molecule has 24 nitrogen and oxygen atoms in total. The van der Waals surface area contributed by atoms with Crippen LogP contribution in [0.1, 0.15) is 77.3 Å². The number of hydrogen-bond acceptors (Lipinski definition) is 13. The molecule has 24 heteroatoms. The third kappa shape index (κ3) is 20.8. The van der Waals surface area contributed by atoms with Gasteiger partial charge in [-0.3, -0.25) is 38.6 Å². The van der Waals surface area contributed by atoms with Gasteiger partial charge in [-0.15, -0.1) is 0 Å². The van der Waals surface area contributed by atoms with Crippen molar-refractivity contribution in [1.29, 1.82) is 0 Å². The lowest BCUT2D eigenvalue weighted by atomic mass is 9.94. The van der Waals surface area contributed by atoms with Crippen molar-refractivity contribution in [3.8, 4) is 11.5 Å². The Labute approximate surface area is 447 Å². The summed E-state index contributed by atoms with van der Waals surface area (Å²) in [6.07, 6.45) is 3.39. The predicted molar refractivity (Wildman–Crippen MR) is 283 cm³/mol. The van der Waals surface area contributed by atoms with Gasteiger partial charge in [-0.2, -0.15) is 0 Å². The van der Waals surface area contributed by atoms with Crippen LogP contribution in [0.4, 0.5) is 0 Å². The number of likely N-dealkylation sites (N-methyl/N-ethyl adjacent to an activating group) is 1. The average Bonchev–Trinajstić information content (AvgIpc) is 3.38. The van der Waals surface area contributed by atoms with E-state index >= 15 is 0 Å². The molecule has 0 aromatic heterocycles. The molecule has 0 bridgehead atoms. The molecule has 0 saturated carbocycles. The number of allylic oxidation sites excluding steroid dienone is 2. The number of rotatable bonds is 17. The second-order valence-corrected chi connectivity index (χ2v) is 18.7. The van der Waals surface area contributed by atoms with Crippen molar-refractivity contribution in [2.45, 2.75) is 121 Å². The molecular weight excluding hydrogens is 1000 g/mol. The minimum absolute atomic E-state index is 0.00214. The highest BCUT2D eigenvalue weighted by molar-refractivity contribution is 6.00. The Kier molecular flexibility index (Phi) is 25.3. The van der Waals surface area contributed by atoms with Gasteiger partial charge in [-0.25, -0.2) is 9.59 Å². The Bertz CT molecular complexity index is 2530. The van der Waals surface area contributed by atoms with Gasteiger partial charge in [0.2, 0.25) is 35.4 Å². The predicted octanol–water partition coefficient (Wildman–Crippen LogP) is 0.673. The van der Waals surface area contributed by atoms with Crippen molar-refractivity contribution in [3.05, 3.63) is 95.7 Å². The molecule has 7 amide bonds. The molecule has 1 saturated heterocycles. The summed E-state index contributed by atoms with van der Waals surface area (Å²) in [5, 5.41) is 45.5. The van der Waals surface area contributed by atoms with Crippen LogP contribution >= 0.6 is 0 Å². The van der Waals surface area contributed by atoms with E-state index in [1.54, 1.807) is 20.1 Å². The van der Waals surface area contributed by atoms with Gasteiger partial charge < -0.3 is 73.1 Å². The molecule has 0 aliphatic carbocycles. The molecule has 77 heavy (non-hydrogen) atoms. The molecule has 0 radical (unpaired) electrons. The molecule has 2 aromatic carbocycles. The van der Waals surface area contributed by atoms with Crippen molar-refractivity contribution >= 4 is 59.2 Å². The molecule has 13 N–H and O–H groups in total. The number of nitrogens with one attached hydrogen (secondary N) is 6. The number of aryl methyl sites for hydroxylation is 1. The molecule has 1 fully saturated rings. The number of methoxy groups -OCH3 is 2. The zero-order valence-electron chi connectivity index (χ0n) is 44.5. The van der Waals surface area contributed by atoms with E-state index in [4.69, 9.17) is 20.9 Å². The molecule has 9 unspecified atom stereocenters. The Hall–Kier alpha value is -8.28. The second-order valence-electron chi connectivity index (χ2n) is 18.7. The highest BCUT2D eigenvalue weighted by atomic mass is 16.5. The Morgan fingerprint density at radius 3 is 2.10 bits per heavy atom. The molecule has 3 rings (SSSR count). The second kappa shape index (κ2) is 30.9. The molecular formula is C53H74N10O14. The van der Waals surface area contributed by atoms with E-state index in [9.17, 15) is 58.5 Å². The number of nitrogens with two attached hydrogens (primary N) is 2. The van der Waals surface area contributed by atoms with E-state index in [-0.39, 0.29) is 61.7 Å². The largest absolute Gasteiger partial charge is 0.504 e. The summed E-state index contributed by atoms with van der Waals surface area (Å²) in [5.74, 6) is -11.3. The normalized spacial score (nSPS) is 23.1. The summed E-state index contributed by atoms with van der Waals surface area (Å²) < 4.78 is 11.0. The Morgan fingerprint density at radius 1 is 0.844 bits per heavy atom. The summed E-state index contributed by atoms with van der Waals surface area (Å²) in [5.41, 5.74) is 12.9. The van der Waals surface area contributed by atoms with Gasteiger partial charge in [0.15, 0.2) is 17.5 Å². The monoisotopic (exact) mass is 1070 g/mol. The number of amides is 7. The fourth-order valence-electron chi connectivity index (χ4n) is 8.01. The highest BCUT2D eigenvalue weighted by Crippen LogP contribution is 2.27. The molecule has 0 spiro atoms. The summed E-state index contributed by atoms with van der Waals surface area (Å²) in [6.45, 7) is 10.1. The number of carbonyl (C=O) groups is 9. The third-order valence-electron chi connectivity index (χ3n) is 12.8. The third-order valence-corrected chi connectivity index (χ3v) is 12.8. The number of carboxylic acids is 2. The number of phenols is 1. The number of carboxylic acid groups (broad SMARTS) is 2. The first-order valence-electron chi connectivity index (χ1n) is 24.9. The van der Waals surface area contributed by atoms with Crippen molar-refractivity contribution in [2.24, 2.45) is 28.3 Å². The van der Waals surface area contributed by atoms with Crippen molar-refractivity contribution < 1.29 is 67.9 Å². The van der Waals surface area contributed by atoms with Gasteiger partial charge in [-0.1, -0.05) is 80.6 Å². The van der Waals surface area contributed by atoms with Crippen LogP contribution in [0.3, 0.4) is 0 Å². The summed E-state index contributed by atoms with van der Waals surface area (Å²) in [6, 6.07) is 4.95. The van der Waals surface area contributed by atoms with Gasteiger partial charge in [0.1, 0.15) is 35.9 Å². The first-order chi connectivity index (χ1) is 36.3. The zero-order chi connectivity index (χ0) is 57.5. The standard InChI is InChI=1S/C53H74N10O14/c1-29(25-30(2)42(76-7)26-34-13-10-9-11-14-34)16-19-36-31(3)46(67)61-39(51(72)73)21-23-45(66)63(6)33(5)48(69)57-32(4)47(68)60-38(20-17-35-18-22-41(64)43(27-35)77-8)50(71)62-40(52(74)75)28-44(65)58-37(49(70)59-36)15-12-24-56-53(54)55/h9-11,13-14,16,18-19,22,25,27,30-32,36-40,42,64H,5,12,15,17,20-21,23-24,26,28H2,1-4,6-8H3,(H,57,69)(H,58,65)(H,59,70)(H,60,68)(H,61,67)(H,62,71)(H,72,73)(H,74,75)(H4,54,55,56). The van der Waals surface area contributed by atoms with Gasteiger partial charge in [-0.05, 0) is 75.6 Å². The average molecular weight is 1080 g/mol. The van der Waals surface area contributed by atoms with Crippen LogP contribution in [0.5, 0.6) is 11.5 Å². The molecule has 9 atom stereocenters. The smallest absolute Gasteiger partial charge is 0.326 e. The minimum Gasteiger partial charge on any atom is -0.504 e. The fourth-order valence-corrected chi connectivity index (χ4v) is 8.01. The Morgan fingerprint density at radius 2 is 1.48 bits per heavy atom. The van der Waals surface area contributed by atoms with Gasteiger partial charge in [0.05, 0.1) is 31.6 Å². The number of hydrogen-bond donors (Lipinski definition) is 11. The zero-order valence-corrected chi connectivity index (χ0v) is 44.5. The van der Waals surface area contributed by atoms with E-state index in [2.05, 4.69) is 43.5 Å². The molecule has 1 aliphatic rings. The fraction of sp³-hybridized carbons (Fsp3) is 0.472. The number of ether oxygens (including phenoxy) is 2. The maximum Gasteiger partial charge on any atom is 0.326 e. The maximum absolute atomic E-state index is 14.4. The first kappa shape index (κ1) is 63.0. The van der Waals surface area contributed by atoms with E-state index in [0.717, 1.165) is 10.5 Å². The number of carbonyl (C=O) groups excluding carboxylic acids is 7. The maximum atomic E-state index is 14.4. The van der Waals surface area contributed by atoms with Gasteiger partial charge >= 0.3 is 11.9 Å². The number of benzene rings is 2. The summed E-state index contributed by atoms with van der Waals surface area (Å²) in [4.78, 5) is 127. The molecule has 1 aliphatic heterocycles. The minimum atomic E-state index is -1.94. The summed E-state index contributed by atoms with van der Waals surface area (Å²) in [7, 11) is 4.12. The number of aliphatic imine (C=N–C) groups is 1. The number of guanidine groups is 1. The summed E-state index contributed by atoms with van der Waals surface area (Å²) >= 11 is 0. The van der Waals surface area contributed by atoms with E-state index < -0.39 is 120 Å². The van der Waals surface area contributed by atoms with Crippen LogP contribution in [-0.4, -0.2) is 150 Å². The lowest BCUT2D eigenvalue weighted by Gasteiger charge is -2.27. The molecule has 420 valence electrons. The Balaban J connectivity index is 2.11. The van der Waals surface area contributed by atoms with Crippen molar-refractivity contribution in [1.82, 2.24) is 36.8 Å². The van der Waals surface area contributed by atoms with Gasteiger partial charge in [0.25, 0.3) is 5.91 Å². The topological polar surface area (TPSA) is 373 Å². The van der Waals surface area contributed by atoms with Crippen LogP contribution in [0.15, 0.2) is 89.6 Å². The van der Waals surface area contributed by atoms with E-state index in [1.165, 1.54) is 52.3 Å². The number of aliphatic carboxylic acids is 2. The highest BCUT2D eigenvalue weighted by Gasteiger charge is 2.34. The first-order valence-corrected chi connectivity index (χ1v) is 24.9.